The first-order valence-electron chi connectivity index (χ1n) is 7.34. The molecular formula is C15H22BN3O3S. The van der Waals surface area contributed by atoms with Crippen molar-refractivity contribution >= 4 is 34.7 Å². The fourth-order valence-electron chi connectivity index (χ4n) is 1.73. The Morgan fingerprint density at radius 3 is 2.48 bits per heavy atom. The first kappa shape index (κ1) is 17.9. The van der Waals surface area contributed by atoms with E-state index in [9.17, 15) is 10.1 Å². The van der Waals surface area contributed by atoms with Crippen LogP contribution in [0.5, 0.6) is 0 Å². The summed E-state index contributed by atoms with van der Waals surface area (Å²) < 4.78 is 5.65. The van der Waals surface area contributed by atoms with Crippen LogP contribution in [0.15, 0.2) is 24.3 Å². The monoisotopic (exact) mass is 335 g/mol. The van der Waals surface area contributed by atoms with Gasteiger partial charge in [-0.3, -0.25) is 0 Å². The van der Waals surface area contributed by atoms with Gasteiger partial charge in [-0.2, -0.15) is 0 Å². The standard InChI is InChI=1S/C15H22BN3O3S/c1-10-18-19-13(23-10)17-12-8-6-7-11(9-12)16(21)22-15(4,5)14(2,3)20/h6-9,20-21H,1-5H3,(H,17,19). The minimum atomic E-state index is -1.14. The van der Waals surface area contributed by atoms with E-state index in [1.807, 2.05) is 19.1 Å². The van der Waals surface area contributed by atoms with Crippen LogP contribution in [0.1, 0.15) is 32.7 Å². The summed E-state index contributed by atoms with van der Waals surface area (Å²) in [6.45, 7) is 8.66. The third-order valence-corrected chi connectivity index (χ3v) is 4.58. The summed E-state index contributed by atoms with van der Waals surface area (Å²) in [6.07, 6.45) is 0. The van der Waals surface area contributed by atoms with E-state index in [0.717, 1.165) is 10.7 Å². The van der Waals surface area contributed by atoms with Crippen molar-refractivity contribution in [3.05, 3.63) is 29.3 Å². The number of nitrogens with one attached hydrogen (secondary N) is 1. The molecule has 0 aliphatic heterocycles. The zero-order valence-electron chi connectivity index (χ0n) is 14.0. The Labute approximate surface area is 140 Å². The Hall–Kier alpha value is -1.48. The average molecular weight is 335 g/mol. The van der Waals surface area contributed by atoms with Gasteiger partial charge >= 0.3 is 7.12 Å². The molecule has 0 saturated heterocycles. The molecule has 0 radical (unpaired) electrons. The molecule has 1 heterocycles. The summed E-state index contributed by atoms with van der Waals surface area (Å²) in [6, 6.07) is 7.23. The van der Waals surface area contributed by atoms with E-state index in [4.69, 9.17) is 4.65 Å². The van der Waals surface area contributed by atoms with Crippen molar-refractivity contribution in [1.29, 1.82) is 0 Å². The molecule has 0 aliphatic rings. The van der Waals surface area contributed by atoms with Gasteiger partial charge in [-0.25, -0.2) is 0 Å². The molecular weight excluding hydrogens is 313 g/mol. The summed E-state index contributed by atoms with van der Waals surface area (Å²) in [7, 11) is -1.14. The van der Waals surface area contributed by atoms with E-state index < -0.39 is 18.3 Å². The quantitative estimate of drug-likeness (QED) is 0.699. The molecule has 124 valence electrons. The zero-order valence-corrected chi connectivity index (χ0v) is 14.8. The number of hydrogen-bond donors (Lipinski definition) is 3. The number of anilines is 2. The Bertz CT molecular complexity index is 670. The van der Waals surface area contributed by atoms with Gasteiger partial charge in [-0.1, -0.05) is 23.5 Å². The van der Waals surface area contributed by atoms with Crippen LogP contribution in [-0.2, 0) is 4.65 Å². The Kier molecular flexibility index (Phi) is 5.10. The van der Waals surface area contributed by atoms with Crippen LogP contribution >= 0.6 is 11.3 Å². The van der Waals surface area contributed by atoms with Crippen molar-refractivity contribution in [3.8, 4) is 0 Å². The number of aryl methyl sites for hydroxylation is 1. The molecule has 0 amide bonds. The highest BCUT2D eigenvalue weighted by Crippen LogP contribution is 2.25. The van der Waals surface area contributed by atoms with E-state index in [1.54, 1.807) is 39.8 Å². The number of rotatable bonds is 6. The van der Waals surface area contributed by atoms with E-state index in [2.05, 4.69) is 15.5 Å². The largest absolute Gasteiger partial charge is 0.491 e. The molecule has 6 nitrogen and oxygen atoms in total. The lowest BCUT2D eigenvalue weighted by molar-refractivity contribution is -0.0982. The van der Waals surface area contributed by atoms with Gasteiger partial charge in [0.15, 0.2) is 0 Å². The molecule has 0 fully saturated rings. The number of hydrogen-bond acceptors (Lipinski definition) is 7. The van der Waals surface area contributed by atoms with Crippen molar-refractivity contribution in [2.75, 3.05) is 5.32 Å². The Balaban J connectivity index is 2.12. The lowest BCUT2D eigenvalue weighted by Crippen LogP contribution is -2.53. The molecule has 0 aliphatic carbocycles. The average Bonchev–Trinajstić information content (AvgIpc) is 2.82. The second-order valence-corrected chi connectivity index (χ2v) is 7.60. The van der Waals surface area contributed by atoms with E-state index in [1.165, 1.54) is 11.3 Å². The second-order valence-electron chi connectivity index (χ2n) is 6.42. The minimum Gasteiger partial charge on any atom is -0.423 e. The van der Waals surface area contributed by atoms with Gasteiger partial charge in [0, 0.05) is 5.69 Å². The smallest absolute Gasteiger partial charge is 0.423 e. The lowest BCUT2D eigenvalue weighted by Gasteiger charge is -2.38. The van der Waals surface area contributed by atoms with Crippen molar-refractivity contribution in [2.24, 2.45) is 0 Å². The predicted octanol–water partition coefficient (Wildman–Crippen LogP) is 1.84. The van der Waals surface area contributed by atoms with E-state index in [-0.39, 0.29) is 0 Å². The van der Waals surface area contributed by atoms with Gasteiger partial charge < -0.3 is 20.1 Å². The molecule has 0 unspecified atom stereocenters. The fourth-order valence-corrected chi connectivity index (χ4v) is 2.34. The topological polar surface area (TPSA) is 87.5 Å². The van der Waals surface area contributed by atoms with Gasteiger partial charge in [-0.05, 0) is 52.2 Å². The van der Waals surface area contributed by atoms with Crippen molar-refractivity contribution in [2.45, 2.75) is 45.8 Å². The molecule has 2 rings (SSSR count). The Morgan fingerprint density at radius 2 is 1.91 bits per heavy atom. The van der Waals surface area contributed by atoms with Crippen LogP contribution < -0.4 is 10.8 Å². The van der Waals surface area contributed by atoms with Gasteiger partial charge in [0.2, 0.25) is 5.13 Å². The van der Waals surface area contributed by atoms with Crippen molar-refractivity contribution < 1.29 is 14.8 Å². The third-order valence-electron chi connectivity index (χ3n) is 3.83. The van der Waals surface area contributed by atoms with E-state index >= 15 is 0 Å². The summed E-state index contributed by atoms with van der Waals surface area (Å²) in [5.74, 6) is 0. The van der Waals surface area contributed by atoms with Crippen LogP contribution in [0.2, 0.25) is 0 Å². The maximum absolute atomic E-state index is 10.3. The summed E-state index contributed by atoms with van der Waals surface area (Å²) in [5, 5.41) is 33.1. The van der Waals surface area contributed by atoms with Gasteiger partial charge in [-0.15, -0.1) is 10.2 Å². The number of aromatic nitrogens is 2. The highest BCUT2D eigenvalue weighted by molar-refractivity contribution is 7.15. The van der Waals surface area contributed by atoms with Crippen LogP contribution in [0.4, 0.5) is 10.8 Å². The molecule has 0 atom stereocenters. The number of nitrogens with zero attached hydrogens (tertiary/aromatic N) is 2. The summed E-state index contributed by atoms with van der Waals surface area (Å²) in [5.41, 5.74) is -0.629. The zero-order chi connectivity index (χ0) is 17.3. The number of benzene rings is 1. The first-order valence-corrected chi connectivity index (χ1v) is 8.15. The first-order chi connectivity index (χ1) is 10.6. The van der Waals surface area contributed by atoms with Crippen molar-refractivity contribution in [3.63, 3.8) is 0 Å². The Morgan fingerprint density at radius 1 is 1.22 bits per heavy atom. The normalized spacial score (nSPS) is 12.3. The molecule has 0 saturated carbocycles. The maximum atomic E-state index is 10.3. The SMILES string of the molecule is Cc1nnc(Nc2cccc(B(O)OC(C)(C)C(C)(C)O)c2)s1. The third kappa shape index (κ3) is 4.51. The van der Waals surface area contributed by atoms with E-state index in [0.29, 0.717) is 10.6 Å². The maximum Gasteiger partial charge on any atom is 0.491 e. The number of aliphatic hydroxyl groups is 1. The molecule has 0 spiro atoms. The highest BCUT2D eigenvalue weighted by Gasteiger charge is 2.39. The molecule has 8 heteroatoms. The van der Waals surface area contributed by atoms with Crippen LogP contribution in [0.25, 0.3) is 0 Å². The second kappa shape index (κ2) is 6.56. The van der Waals surface area contributed by atoms with Crippen LogP contribution in [0.3, 0.4) is 0 Å². The van der Waals surface area contributed by atoms with Crippen molar-refractivity contribution in [1.82, 2.24) is 10.2 Å². The van der Waals surface area contributed by atoms with Gasteiger partial charge in [0.05, 0.1) is 11.2 Å². The molecule has 1 aromatic heterocycles. The molecule has 2 aromatic rings. The predicted molar refractivity (Wildman–Crippen MR) is 93.4 cm³/mol. The van der Waals surface area contributed by atoms with Crippen LogP contribution in [-0.4, -0.2) is 38.6 Å². The molecule has 1 aromatic carbocycles. The van der Waals surface area contributed by atoms with Crippen LogP contribution in [0, 0.1) is 6.92 Å². The minimum absolute atomic E-state index is 0.591. The van der Waals surface area contributed by atoms with Gasteiger partial charge in [0.25, 0.3) is 0 Å². The summed E-state index contributed by atoms with van der Waals surface area (Å²) >= 11 is 1.45. The fraction of sp³-hybridized carbons (Fsp3) is 0.467. The summed E-state index contributed by atoms with van der Waals surface area (Å²) in [4.78, 5) is 0. The van der Waals surface area contributed by atoms with Gasteiger partial charge in [0.1, 0.15) is 5.01 Å². The molecule has 0 bridgehead atoms. The lowest BCUT2D eigenvalue weighted by atomic mass is 9.76. The molecule has 23 heavy (non-hydrogen) atoms. The highest BCUT2D eigenvalue weighted by atomic mass is 32.1. The molecule has 3 N–H and O–H groups in total.